The highest BCUT2D eigenvalue weighted by molar-refractivity contribution is 7.99. The Morgan fingerprint density at radius 1 is 1.04 bits per heavy atom. The number of aliphatic carboxylic acids is 1. The largest absolute Gasteiger partial charge is 0.510 e. The van der Waals surface area contributed by atoms with Gasteiger partial charge in [-0.25, -0.2) is 9.59 Å². The van der Waals surface area contributed by atoms with Crippen molar-refractivity contribution in [1.29, 1.82) is 0 Å². The van der Waals surface area contributed by atoms with Crippen LogP contribution in [0.2, 0.25) is 0 Å². The lowest BCUT2D eigenvalue weighted by molar-refractivity contribution is -0.756. The molecule has 0 aliphatic carbocycles. The molecule has 254 valence electrons. The molecule has 3 aromatic rings. The molecule has 0 spiro atoms. The fraction of sp³-hybridized carbons (Fsp3) is 0.484. The third-order valence-corrected chi connectivity index (χ3v) is 7.87. The Labute approximate surface area is 276 Å². The molecule has 1 amide bonds. The monoisotopic (exact) mass is 672 g/mol. The van der Waals surface area contributed by atoms with Crippen LogP contribution in [0.25, 0.3) is 22.5 Å². The second kappa shape index (κ2) is 18.4. The molecule has 1 heterocycles. The highest BCUT2D eigenvalue weighted by Crippen LogP contribution is 2.30. The molecule has 0 aliphatic heterocycles. The zero-order valence-electron chi connectivity index (χ0n) is 26.8. The normalized spacial score (nSPS) is 12.3. The molecule has 0 fully saturated rings. The van der Waals surface area contributed by atoms with Gasteiger partial charge >= 0.3 is 12.1 Å². The standard InChI is InChI=1S/C31H40N6O9S/c1-5-6-11-27(38)35(28(21(2)3)30(39)40)20-23-12-14-24(15-13-23)25-9-7-8-10-26(25)29-32-34-36(33-29)22(4)46-31(41)44-16-18-47-19-17-45-37(42)43/h7-10,12-15,21-22,28H,5-6,11,16-20H2,1-4H3,(H,39,40). The van der Waals surface area contributed by atoms with Crippen LogP contribution in [0.4, 0.5) is 4.79 Å². The Kier molecular flexibility index (Phi) is 14.4. The minimum Gasteiger partial charge on any atom is -0.480 e. The molecule has 15 nitrogen and oxygen atoms in total. The zero-order valence-corrected chi connectivity index (χ0v) is 27.6. The molecule has 1 aromatic heterocycles. The maximum Gasteiger partial charge on any atom is 0.510 e. The second-order valence-corrected chi connectivity index (χ2v) is 12.0. The Morgan fingerprint density at radius 2 is 1.72 bits per heavy atom. The summed E-state index contributed by atoms with van der Waals surface area (Å²) in [4.78, 5) is 54.2. The van der Waals surface area contributed by atoms with E-state index in [-0.39, 0.29) is 31.6 Å². The third kappa shape index (κ3) is 11.2. The summed E-state index contributed by atoms with van der Waals surface area (Å²) in [6, 6.07) is 14.1. The van der Waals surface area contributed by atoms with Gasteiger partial charge in [-0.1, -0.05) is 75.7 Å². The smallest absolute Gasteiger partial charge is 0.480 e. The van der Waals surface area contributed by atoms with Crippen LogP contribution >= 0.6 is 11.8 Å². The van der Waals surface area contributed by atoms with Gasteiger partial charge in [0.1, 0.15) is 19.3 Å². The molecule has 2 atom stereocenters. The number of hydrogen-bond acceptors (Lipinski definition) is 12. The van der Waals surface area contributed by atoms with Gasteiger partial charge in [-0.05, 0) is 41.2 Å². The Morgan fingerprint density at radius 3 is 2.36 bits per heavy atom. The van der Waals surface area contributed by atoms with Crippen LogP contribution in [0.15, 0.2) is 48.5 Å². The molecule has 0 radical (unpaired) electrons. The van der Waals surface area contributed by atoms with Gasteiger partial charge in [-0.2, -0.15) is 11.8 Å². The highest BCUT2D eigenvalue weighted by atomic mass is 32.2. The van der Waals surface area contributed by atoms with E-state index in [1.165, 1.54) is 16.7 Å². The number of unbranched alkanes of at least 4 members (excludes halogenated alkanes) is 1. The molecule has 47 heavy (non-hydrogen) atoms. The molecule has 0 saturated heterocycles. The molecule has 2 aromatic carbocycles. The van der Waals surface area contributed by atoms with Crippen LogP contribution in [0.1, 0.15) is 58.7 Å². The molecule has 0 aliphatic rings. The number of thioether (sulfide) groups is 1. The predicted octanol–water partition coefficient (Wildman–Crippen LogP) is 5.25. The lowest BCUT2D eigenvalue weighted by Gasteiger charge is -2.32. The lowest BCUT2D eigenvalue weighted by atomic mass is 9.97. The van der Waals surface area contributed by atoms with Crippen LogP contribution < -0.4 is 0 Å². The quantitative estimate of drug-likeness (QED) is 0.0753. The summed E-state index contributed by atoms with van der Waals surface area (Å²) in [5.74, 6) is -0.385. The molecule has 2 unspecified atom stereocenters. The van der Waals surface area contributed by atoms with Gasteiger partial charge in [0.15, 0.2) is 0 Å². The summed E-state index contributed by atoms with van der Waals surface area (Å²) >= 11 is 1.32. The number of carboxylic acids is 1. The molecule has 1 N–H and O–H groups in total. The molecular formula is C31H40N6O9S. The summed E-state index contributed by atoms with van der Waals surface area (Å²) < 4.78 is 10.3. The minimum absolute atomic E-state index is 0.0436. The van der Waals surface area contributed by atoms with E-state index in [9.17, 15) is 29.6 Å². The number of ether oxygens (including phenoxy) is 2. The average molecular weight is 673 g/mol. The number of carboxylic acid groups (broad SMARTS) is 1. The Balaban J connectivity index is 1.67. The Bertz CT molecular complexity index is 1480. The fourth-order valence-electron chi connectivity index (χ4n) is 4.67. The van der Waals surface area contributed by atoms with Gasteiger partial charge in [0.25, 0.3) is 5.09 Å². The van der Waals surface area contributed by atoms with E-state index < -0.39 is 29.5 Å². The van der Waals surface area contributed by atoms with Crippen molar-refractivity contribution in [1.82, 2.24) is 25.1 Å². The summed E-state index contributed by atoms with van der Waals surface area (Å²) in [6.45, 7) is 7.31. The van der Waals surface area contributed by atoms with Crippen molar-refractivity contribution in [2.45, 2.75) is 65.8 Å². The van der Waals surface area contributed by atoms with Crippen molar-refractivity contribution in [3.63, 3.8) is 0 Å². The molecule has 3 rings (SSSR count). The molecular weight excluding hydrogens is 632 g/mol. The second-order valence-electron chi connectivity index (χ2n) is 10.8. The van der Waals surface area contributed by atoms with Crippen molar-refractivity contribution < 1.29 is 38.9 Å². The summed E-state index contributed by atoms with van der Waals surface area (Å²) in [7, 11) is 0. The van der Waals surface area contributed by atoms with Gasteiger partial charge in [-0.15, -0.1) is 25.1 Å². The number of carbonyl (C=O) groups excluding carboxylic acids is 2. The fourth-order valence-corrected chi connectivity index (χ4v) is 5.27. The minimum atomic E-state index is -1.03. The molecule has 0 saturated carbocycles. The number of nitrogens with zero attached hydrogens (tertiary/aromatic N) is 6. The number of hydrogen-bond donors (Lipinski definition) is 1. The van der Waals surface area contributed by atoms with E-state index in [1.807, 2.05) is 55.5 Å². The summed E-state index contributed by atoms with van der Waals surface area (Å²) in [5.41, 5.74) is 3.14. The first kappa shape index (κ1) is 36.7. The number of amides is 1. The highest BCUT2D eigenvalue weighted by Gasteiger charge is 2.32. The van der Waals surface area contributed by atoms with Crippen LogP contribution in [0.3, 0.4) is 0 Å². The molecule has 0 bridgehead atoms. The van der Waals surface area contributed by atoms with E-state index >= 15 is 0 Å². The maximum atomic E-state index is 13.0. The van der Waals surface area contributed by atoms with Crippen molar-refractivity contribution in [2.75, 3.05) is 24.7 Å². The first-order chi connectivity index (χ1) is 22.5. The van der Waals surface area contributed by atoms with Gasteiger partial charge in [-0.3, -0.25) is 4.79 Å². The van der Waals surface area contributed by atoms with Crippen LogP contribution in [-0.2, 0) is 30.4 Å². The first-order valence-electron chi connectivity index (χ1n) is 15.2. The van der Waals surface area contributed by atoms with E-state index in [1.54, 1.807) is 20.8 Å². The zero-order chi connectivity index (χ0) is 34.3. The Hall–Kier alpha value is -4.73. The average Bonchev–Trinajstić information content (AvgIpc) is 3.53. The van der Waals surface area contributed by atoms with Crippen LogP contribution in [-0.4, -0.2) is 84.1 Å². The van der Waals surface area contributed by atoms with Crippen molar-refractivity contribution in [3.05, 3.63) is 64.2 Å². The van der Waals surface area contributed by atoms with Gasteiger partial charge in [0, 0.05) is 30.0 Å². The number of tetrazole rings is 1. The van der Waals surface area contributed by atoms with Crippen molar-refractivity contribution in [2.24, 2.45) is 5.92 Å². The van der Waals surface area contributed by atoms with Crippen LogP contribution in [0.5, 0.6) is 0 Å². The molecule has 16 heteroatoms. The van der Waals surface area contributed by atoms with Crippen molar-refractivity contribution in [3.8, 4) is 22.5 Å². The number of carbonyl (C=O) groups is 3. The van der Waals surface area contributed by atoms with Gasteiger partial charge < -0.3 is 24.3 Å². The van der Waals surface area contributed by atoms with E-state index in [4.69, 9.17) is 9.47 Å². The van der Waals surface area contributed by atoms with E-state index in [2.05, 4.69) is 20.2 Å². The first-order valence-corrected chi connectivity index (χ1v) is 16.4. The number of rotatable bonds is 19. The SMILES string of the molecule is CCCCC(=O)N(Cc1ccc(-c2ccccc2-c2nnn(C(C)OC(=O)OCCSCCO[N+](=O)[O-])n2)cc1)C(C(=O)O)C(C)C. The van der Waals surface area contributed by atoms with E-state index in [0.717, 1.165) is 27.9 Å². The third-order valence-electron chi connectivity index (χ3n) is 6.96. The van der Waals surface area contributed by atoms with Gasteiger partial charge in [0.05, 0.1) is 0 Å². The summed E-state index contributed by atoms with van der Waals surface area (Å²) in [5, 5.41) is 31.8. The maximum absolute atomic E-state index is 13.0. The number of aromatic nitrogens is 4. The van der Waals surface area contributed by atoms with Crippen molar-refractivity contribution >= 4 is 29.8 Å². The topological polar surface area (TPSA) is 189 Å². The number of benzene rings is 2. The lowest BCUT2D eigenvalue weighted by Crippen LogP contribution is -2.47. The summed E-state index contributed by atoms with van der Waals surface area (Å²) in [6.07, 6.45) is -0.0212. The van der Waals surface area contributed by atoms with Crippen LogP contribution in [0, 0.1) is 16.0 Å². The van der Waals surface area contributed by atoms with E-state index in [0.29, 0.717) is 35.7 Å². The predicted molar refractivity (Wildman–Crippen MR) is 172 cm³/mol. The van der Waals surface area contributed by atoms with Gasteiger partial charge in [0.2, 0.25) is 18.0 Å².